The zero-order valence-electron chi connectivity index (χ0n) is 21.1. The van der Waals surface area contributed by atoms with Gasteiger partial charge in [-0.05, 0) is 56.4 Å². The molecule has 0 N–H and O–H groups in total. The van der Waals surface area contributed by atoms with Crippen molar-refractivity contribution in [2.24, 2.45) is 0 Å². The van der Waals surface area contributed by atoms with Crippen molar-refractivity contribution in [3.63, 3.8) is 0 Å². The van der Waals surface area contributed by atoms with E-state index in [4.69, 9.17) is 0 Å². The standard InChI is InChI=1S/4C5H12NO.Ti/c4*1-4-5(7)6(2)3;/h4*5H,4H2,1-3H3;/q4*-1;+4. The Morgan fingerprint density at radius 3 is 0.517 bits per heavy atom. The summed E-state index contributed by atoms with van der Waals surface area (Å²) in [7, 11) is 14.3. The van der Waals surface area contributed by atoms with Crippen LogP contribution in [0.3, 0.4) is 0 Å². The minimum absolute atomic E-state index is 0. The van der Waals surface area contributed by atoms with Gasteiger partial charge in [-0.3, -0.25) is 0 Å². The average Bonchev–Trinajstić information content (AvgIpc) is 2.66. The van der Waals surface area contributed by atoms with Gasteiger partial charge in [-0.15, -0.1) is 0 Å². The second kappa shape index (κ2) is 26.4. The summed E-state index contributed by atoms with van der Waals surface area (Å²) in [5.41, 5.74) is 0. The Morgan fingerprint density at radius 2 is 0.517 bits per heavy atom. The molecule has 0 radical (unpaired) electrons. The van der Waals surface area contributed by atoms with Crippen molar-refractivity contribution in [3.8, 4) is 0 Å². The van der Waals surface area contributed by atoms with Crippen molar-refractivity contribution in [1.82, 2.24) is 19.6 Å². The molecule has 0 spiro atoms. The summed E-state index contributed by atoms with van der Waals surface area (Å²) < 4.78 is 0. The van der Waals surface area contributed by atoms with Gasteiger partial charge in [-0.2, -0.15) is 0 Å². The van der Waals surface area contributed by atoms with Gasteiger partial charge < -0.3 is 40.0 Å². The topological polar surface area (TPSA) is 105 Å². The molecule has 0 aromatic rings. The van der Waals surface area contributed by atoms with Gasteiger partial charge in [0.1, 0.15) is 0 Å². The Kier molecular flexibility index (Phi) is 36.3. The van der Waals surface area contributed by atoms with E-state index in [1.54, 1.807) is 76.0 Å². The van der Waals surface area contributed by atoms with E-state index < -0.39 is 24.9 Å². The Bertz CT molecular complexity index is 244. The maximum atomic E-state index is 10.5. The summed E-state index contributed by atoms with van der Waals surface area (Å²) in [4.78, 5) is 6.67. The van der Waals surface area contributed by atoms with Gasteiger partial charge in [0.15, 0.2) is 0 Å². The molecule has 0 heterocycles. The van der Waals surface area contributed by atoms with E-state index in [0.29, 0.717) is 25.7 Å². The van der Waals surface area contributed by atoms with Crippen molar-refractivity contribution in [1.29, 1.82) is 0 Å². The second-order valence-corrected chi connectivity index (χ2v) is 7.31. The van der Waals surface area contributed by atoms with Gasteiger partial charge in [-0.1, -0.05) is 78.3 Å². The van der Waals surface area contributed by atoms with Crippen LogP contribution < -0.4 is 20.4 Å². The fourth-order valence-corrected chi connectivity index (χ4v) is 1.46. The van der Waals surface area contributed by atoms with Crippen molar-refractivity contribution in [3.05, 3.63) is 0 Å². The van der Waals surface area contributed by atoms with E-state index in [1.165, 1.54) is 0 Å². The SMILES string of the molecule is CCC([O-])N(C)C.CCC([O-])N(C)C.CCC([O-])N(C)C.CCC([O-])N(C)C.[Ti+4]. The second-order valence-electron chi connectivity index (χ2n) is 7.31. The molecule has 4 unspecified atom stereocenters. The third-order valence-corrected chi connectivity index (χ3v) is 3.70. The zero-order valence-corrected chi connectivity index (χ0v) is 22.6. The Balaban J connectivity index is -0.0000000873. The summed E-state index contributed by atoms with van der Waals surface area (Å²) in [5.74, 6) is 0. The number of nitrogens with zero attached hydrogens (tertiary/aromatic N) is 4. The van der Waals surface area contributed by atoms with Crippen LogP contribution >= 0.6 is 0 Å². The van der Waals surface area contributed by atoms with Crippen LogP contribution in [-0.4, -0.2) is 101 Å². The molecule has 8 nitrogen and oxygen atoms in total. The molecular formula is C20H48N4O4Ti. The van der Waals surface area contributed by atoms with Crippen molar-refractivity contribution < 1.29 is 42.1 Å². The molecule has 0 saturated heterocycles. The molecule has 0 rings (SSSR count). The summed E-state index contributed by atoms with van der Waals surface area (Å²) in [6, 6.07) is 0. The summed E-state index contributed by atoms with van der Waals surface area (Å²) in [5, 5.41) is 42.1. The van der Waals surface area contributed by atoms with Gasteiger partial charge in [0.05, 0.1) is 0 Å². The van der Waals surface area contributed by atoms with Gasteiger partial charge >= 0.3 is 21.7 Å². The fraction of sp³-hybridized carbons (Fsp3) is 1.00. The minimum Gasteiger partial charge on any atom is -0.841 e. The van der Waals surface area contributed by atoms with Crippen molar-refractivity contribution in [2.45, 2.75) is 78.3 Å². The van der Waals surface area contributed by atoms with Crippen molar-refractivity contribution in [2.75, 3.05) is 56.4 Å². The van der Waals surface area contributed by atoms with Crippen LogP contribution in [-0.2, 0) is 21.7 Å². The van der Waals surface area contributed by atoms with E-state index in [1.807, 2.05) is 27.7 Å². The van der Waals surface area contributed by atoms with E-state index in [9.17, 15) is 20.4 Å². The molecule has 0 aromatic carbocycles. The van der Waals surface area contributed by atoms with E-state index >= 15 is 0 Å². The van der Waals surface area contributed by atoms with Crippen LogP contribution in [0, 0.1) is 0 Å². The van der Waals surface area contributed by atoms with Gasteiger partial charge in [0, 0.05) is 0 Å². The first-order chi connectivity index (χ1) is 12.7. The first-order valence-electron chi connectivity index (χ1n) is 10.0. The molecule has 0 amide bonds. The predicted octanol–water partition coefficient (Wildman–Crippen LogP) is -1.42. The minimum atomic E-state index is -0.514. The smallest absolute Gasteiger partial charge is 0.841 e. The predicted molar refractivity (Wildman–Crippen MR) is 111 cm³/mol. The molecule has 4 atom stereocenters. The monoisotopic (exact) mass is 456 g/mol. The van der Waals surface area contributed by atoms with Gasteiger partial charge in [0.2, 0.25) is 0 Å². The van der Waals surface area contributed by atoms with Crippen LogP contribution in [0.1, 0.15) is 53.4 Å². The summed E-state index contributed by atoms with van der Waals surface area (Å²) >= 11 is 0. The molecule has 9 heteroatoms. The molecule has 0 bridgehead atoms. The molecule has 0 fully saturated rings. The third-order valence-electron chi connectivity index (χ3n) is 3.70. The quantitative estimate of drug-likeness (QED) is 0.324. The largest absolute Gasteiger partial charge is 4.00 e. The Morgan fingerprint density at radius 1 is 0.414 bits per heavy atom. The van der Waals surface area contributed by atoms with E-state index in [0.717, 1.165) is 0 Å². The molecule has 29 heavy (non-hydrogen) atoms. The van der Waals surface area contributed by atoms with Crippen LogP contribution in [0.25, 0.3) is 0 Å². The maximum absolute atomic E-state index is 10.5. The maximum Gasteiger partial charge on any atom is 4.00 e. The van der Waals surface area contributed by atoms with Crippen molar-refractivity contribution >= 4 is 0 Å². The normalized spacial score (nSPS) is 14.5. The molecule has 0 aliphatic heterocycles. The van der Waals surface area contributed by atoms with Crippen LogP contribution in [0.15, 0.2) is 0 Å². The fourth-order valence-electron chi connectivity index (χ4n) is 1.46. The van der Waals surface area contributed by atoms with Gasteiger partial charge in [-0.25, -0.2) is 0 Å². The molecular weight excluding hydrogens is 408 g/mol. The Hall–Kier alpha value is 0.394. The summed E-state index contributed by atoms with van der Waals surface area (Å²) in [6.45, 7) is 7.55. The van der Waals surface area contributed by atoms with Crippen LogP contribution in [0.2, 0.25) is 0 Å². The van der Waals surface area contributed by atoms with Gasteiger partial charge in [0.25, 0.3) is 0 Å². The number of hydrogen-bond donors (Lipinski definition) is 0. The molecule has 0 aromatic heterocycles. The molecule has 0 saturated carbocycles. The number of hydrogen-bond acceptors (Lipinski definition) is 8. The van der Waals surface area contributed by atoms with Crippen LogP contribution in [0.5, 0.6) is 0 Å². The average molecular weight is 456 g/mol. The first kappa shape index (κ1) is 39.8. The first-order valence-corrected chi connectivity index (χ1v) is 10.0. The third kappa shape index (κ3) is 33.2. The molecule has 176 valence electrons. The van der Waals surface area contributed by atoms with E-state index in [2.05, 4.69) is 0 Å². The molecule has 0 aliphatic carbocycles. The summed E-state index contributed by atoms with van der Waals surface area (Å²) in [6.07, 6.45) is 0.694. The number of rotatable bonds is 8. The molecule has 0 aliphatic rings. The van der Waals surface area contributed by atoms with Crippen LogP contribution in [0.4, 0.5) is 0 Å². The Labute approximate surface area is 196 Å². The zero-order chi connectivity index (χ0) is 23.4. The van der Waals surface area contributed by atoms with E-state index in [-0.39, 0.29) is 21.7 Å².